The summed E-state index contributed by atoms with van der Waals surface area (Å²) in [5.74, 6) is 5.08. The molecule has 10 heavy (non-hydrogen) atoms. The second-order valence-electron chi connectivity index (χ2n) is 2.37. The van der Waals surface area contributed by atoms with Gasteiger partial charge < -0.3 is 4.43 Å². The van der Waals surface area contributed by atoms with Gasteiger partial charge in [0.15, 0.2) is 0 Å². The smallest absolute Gasteiger partial charge is 0.146 e. The fraction of sp³-hybridized carbons (Fsp3) is 0.500. The van der Waals surface area contributed by atoms with Crippen LogP contribution >= 0.6 is 0 Å². The topological polar surface area (TPSA) is 9.23 Å². The third-order valence-corrected chi connectivity index (χ3v) is 2.47. The summed E-state index contributed by atoms with van der Waals surface area (Å²) in [5, 5.41) is 0. The number of terminal acetylenes is 2. The van der Waals surface area contributed by atoms with Crippen molar-refractivity contribution in [1.82, 2.24) is 0 Å². The van der Waals surface area contributed by atoms with Crippen molar-refractivity contribution < 1.29 is 4.43 Å². The van der Waals surface area contributed by atoms with Gasteiger partial charge in [0.05, 0.1) is 6.10 Å². The molecule has 0 fully saturated rings. The van der Waals surface area contributed by atoms with Crippen LogP contribution in [0, 0.1) is 30.1 Å². The Morgan fingerprint density at radius 1 is 1.50 bits per heavy atom. The summed E-state index contributed by atoms with van der Waals surface area (Å²) in [6.07, 6.45) is 10.4. The fourth-order valence-electron chi connectivity index (χ4n) is 0.512. The predicted molar refractivity (Wildman–Crippen MR) is 46.3 cm³/mol. The third kappa shape index (κ3) is 1.64. The molecule has 1 atom stereocenters. The summed E-state index contributed by atoms with van der Waals surface area (Å²) < 4.78 is 5.15. The first-order chi connectivity index (χ1) is 4.60. The molecule has 0 amide bonds. The Balaban J connectivity index is 4.41. The molecule has 1 nitrogen and oxygen atoms in total. The van der Waals surface area contributed by atoms with Crippen molar-refractivity contribution in [1.29, 1.82) is 0 Å². The van der Waals surface area contributed by atoms with Gasteiger partial charge in [-0.2, -0.15) is 0 Å². The van der Waals surface area contributed by atoms with Gasteiger partial charge in [0.2, 0.25) is 0 Å². The van der Waals surface area contributed by atoms with Gasteiger partial charge in [0.1, 0.15) is 15.9 Å². The Bertz CT molecular complexity index is 170. The van der Waals surface area contributed by atoms with Gasteiger partial charge in [-0.05, 0) is 13.8 Å². The highest BCUT2D eigenvalue weighted by atomic mass is 28.2. The highest BCUT2D eigenvalue weighted by Gasteiger charge is 2.25. The van der Waals surface area contributed by atoms with E-state index >= 15 is 0 Å². The van der Waals surface area contributed by atoms with E-state index in [-0.39, 0.29) is 6.10 Å². The summed E-state index contributed by atoms with van der Waals surface area (Å²) in [6.45, 7) is 3.72. The zero-order chi connectivity index (χ0) is 8.20. The van der Waals surface area contributed by atoms with E-state index in [1.165, 1.54) is 0 Å². The van der Waals surface area contributed by atoms with Gasteiger partial charge in [-0.15, -0.1) is 12.8 Å². The number of hydrogen-bond acceptors (Lipinski definition) is 1. The summed E-state index contributed by atoms with van der Waals surface area (Å²) in [5.41, 5.74) is -0.540. The van der Waals surface area contributed by atoms with Crippen LogP contribution in [0.1, 0.15) is 13.8 Å². The molecule has 2 heteroatoms. The summed E-state index contributed by atoms with van der Waals surface area (Å²) in [4.78, 5) is 0. The van der Waals surface area contributed by atoms with E-state index < -0.39 is 5.41 Å². The monoisotopic (exact) mass is 152 g/mol. The molecular weight excluding hydrogens is 140 g/mol. The van der Waals surface area contributed by atoms with Gasteiger partial charge >= 0.3 is 0 Å². The summed E-state index contributed by atoms with van der Waals surface area (Å²) in [6, 6.07) is 0. The molecule has 0 aromatic rings. The Morgan fingerprint density at radius 2 is 1.90 bits per heavy atom. The van der Waals surface area contributed by atoms with Gasteiger partial charge in [-0.25, -0.2) is 0 Å². The van der Waals surface area contributed by atoms with E-state index in [0.717, 1.165) is 0 Å². The van der Waals surface area contributed by atoms with Crippen molar-refractivity contribution in [3.8, 4) is 24.7 Å². The number of hydrogen-bond donors (Lipinski definition) is 0. The van der Waals surface area contributed by atoms with Crippen LogP contribution in [-0.4, -0.2) is 16.6 Å². The van der Waals surface area contributed by atoms with Crippen LogP contribution in [0.2, 0.25) is 0 Å². The van der Waals surface area contributed by atoms with Crippen LogP contribution in [0.5, 0.6) is 0 Å². The standard InChI is InChI=1S/C8H12OSi/c1-5-8(4,6-2)7(3)9-10/h1-2,7H,3-4,10H3. The SMILES string of the molecule is C#CC(C)(C#C)C(C)O[SiH3]. The highest BCUT2D eigenvalue weighted by molar-refractivity contribution is 5.98. The maximum absolute atomic E-state index is 5.24. The molecule has 0 aromatic carbocycles. The first-order valence-electron chi connectivity index (χ1n) is 3.09. The van der Waals surface area contributed by atoms with Crippen LogP contribution in [0.3, 0.4) is 0 Å². The third-order valence-electron chi connectivity index (χ3n) is 1.77. The van der Waals surface area contributed by atoms with Crippen LogP contribution < -0.4 is 0 Å². The second-order valence-corrected chi connectivity index (χ2v) is 2.84. The normalized spacial score (nSPS) is 13.6. The van der Waals surface area contributed by atoms with Gasteiger partial charge in [0.25, 0.3) is 0 Å². The lowest BCUT2D eigenvalue weighted by atomic mass is 9.87. The molecule has 0 bridgehead atoms. The second kappa shape index (κ2) is 3.46. The fourth-order valence-corrected chi connectivity index (χ4v) is 0.983. The average Bonchev–Trinajstić information content (AvgIpc) is 2.01. The lowest BCUT2D eigenvalue weighted by molar-refractivity contribution is 0.169. The largest absolute Gasteiger partial charge is 0.423 e. The molecular formula is C8H12OSi. The van der Waals surface area contributed by atoms with Crippen LogP contribution in [0.25, 0.3) is 0 Å². The molecule has 0 aliphatic rings. The lowest BCUT2D eigenvalue weighted by Gasteiger charge is -2.23. The molecule has 54 valence electrons. The Morgan fingerprint density at radius 3 is 2.00 bits per heavy atom. The first-order valence-corrected chi connectivity index (χ1v) is 3.90. The van der Waals surface area contributed by atoms with Gasteiger partial charge in [-0.1, -0.05) is 11.8 Å². The quantitative estimate of drug-likeness (QED) is 0.398. The van der Waals surface area contributed by atoms with Crippen LogP contribution in [-0.2, 0) is 4.43 Å². The highest BCUT2D eigenvalue weighted by Crippen LogP contribution is 2.20. The lowest BCUT2D eigenvalue weighted by Crippen LogP contribution is -2.28. The molecule has 0 aliphatic heterocycles. The van der Waals surface area contributed by atoms with Crippen LogP contribution in [0.15, 0.2) is 0 Å². The molecule has 0 rings (SSSR count). The van der Waals surface area contributed by atoms with Crippen molar-refractivity contribution in [3.05, 3.63) is 0 Å². The molecule has 0 spiro atoms. The molecule has 1 unspecified atom stereocenters. The first kappa shape index (κ1) is 9.30. The minimum atomic E-state index is -0.540. The molecule has 0 radical (unpaired) electrons. The molecule has 0 N–H and O–H groups in total. The van der Waals surface area contributed by atoms with Crippen molar-refractivity contribution >= 4 is 10.5 Å². The van der Waals surface area contributed by atoms with E-state index in [1.807, 2.05) is 13.8 Å². The van der Waals surface area contributed by atoms with Crippen molar-refractivity contribution in [2.75, 3.05) is 0 Å². The van der Waals surface area contributed by atoms with E-state index in [0.29, 0.717) is 10.5 Å². The van der Waals surface area contributed by atoms with E-state index in [9.17, 15) is 0 Å². The van der Waals surface area contributed by atoms with E-state index in [4.69, 9.17) is 17.3 Å². The molecule has 0 aromatic heterocycles. The summed E-state index contributed by atoms with van der Waals surface area (Å²) in [7, 11) is 0.672. The summed E-state index contributed by atoms with van der Waals surface area (Å²) >= 11 is 0. The Labute approximate surface area is 65.7 Å². The number of rotatable bonds is 2. The minimum absolute atomic E-state index is 0.0332. The predicted octanol–water partition coefficient (Wildman–Crippen LogP) is -0.0554. The van der Waals surface area contributed by atoms with Crippen LogP contribution in [0.4, 0.5) is 0 Å². The van der Waals surface area contributed by atoms with E-state index in [2.05, 4.69) is 11.8 Å². The maximum Gasteiger partial charge on any atom is 0.146 e. The van der Waals surface area contributed by atoms with E-state index in [1.54, 1.807) is 0 Å². The average molecular weight is 152 g/mol. The Hall–Kier alpha value is -0.703. The van der Waals surface area contributed by atoms with Crippen molar-refractivity contribution in [2.24, 2.45) is 5.41 Å². The van der Waals surface area contributed by atoms with Gasteiger partial charge in [-0.3, -0.25) is 0 Å². The molecule has 0 aliphatic carbocycles. The molecule has 0 saturated carbocycles. The van der Waals surface area contributed by atoms with Gasteiger partial charge in [0, 0.05) is 0 Å². The Kier molecular flexibility index (Phi) is 3.22. The minimum Gasteiger partial charge on any atom is -0.423 e. The van der Waals surface area contributed by atoms with Crippen molar-refractivity contribution in [3.63, 3.8) is 0 Å². The zero-order valence-electron chi connectivity index (χ0n) is 6.64. The zero-order valence-corrected chi connectivity index (χ0v) is 8.64. The molecule has 0 saturated heterocycles. The molecule has 0 heterocycles. The van der Waals surface area contributed by atoms with Crippen molar-refractivity contribution in [2.45, 2.75) is 20.0 Å². The maximum atomic E-state index is 5.24.